The van der Waals surface area contributed by atoms with E-state index in [1.54, 1.807) is 6.07 Å². The number of nitrogens with zero attached hydrogens (tertiary/aromatic N) is 1. The molecule has 0 aliphatic heterocycles. The van der Waals surface area contributed by atoms with E-state index in [1.807, 2.05) is 7.05 Å². The minimum Gasteiger partial charge on any atom is -0.467 e. The third-order valence-corrected chi connectivity index (χ3v) is 3.20. The number of hydrazine groups is 1. The van der Waals surface area contributed by atoms with Crippen LogP contribution >= 0.6 is 0 Å². The topological polar surface area (TPSA) is 80.7 Å². The molecule has 1 aromatic rings. The van der Waals surface area contributed by atoms with E-state index >= 15 is 0 Å². The molecule has 6 heteroatoms. The SMILES string of the molecule is CN(CCOCC1CC1)Cc1occc1C(=O)NN. The van der Waals surface area contributed by atoms with Gasteiger partial charge >= 0.3 is 0 Å². The molecule has 106 valence electrons. The van der Waals surface area contributed by atoms with Crippen molar-refractivity contribution in [3.05, 3.63) is 23.7 Å². The van der Waals surface area contributed by atoms with Crippen molar-refractivity contribution in [1.82, 2.24) is 10.3 Å². The summed E-state index contributed by atoms with van der Waals surface area (Å²) >= 11 is 0. The van der Waals surface area contributed by atoms with Crippen LogP contribution < -0.4 is 11.3 Å². The Morgan fingerprint density at radius 1 is 1.63 bits per heavy atom. The molecule has 2 rings (SSSR count). The van der Waals surface area contributed by atoms with Crippen LogP contribution in [0.3, 0.4) is 0 Å². The van der Waals surface area contributed by atoms with Crippen molar-refractivity contribution in [2.45, 2.75) is 19.4 Å². The summed E-state index contributed by atoms with van der Waals surface area (Å²) in [5.41, 5.74) is 2.59. The minimum absolute atomic E-state index is 0.331. The van der Waals surface area contributed by atoms with Crippen molar-refractivity contribution in [2.24, 2.45) is 11.8 Å². The zero-order chi connectivity index (χ0) is 13.7. The maximum Gasteiger partial charge on any atom is 0.268 e. The molecule has 3 N–H and O–H groups in total. The van der Waals surface area contributed by atoms with Gasteiger partial charge in [-0.25, -0.2) is 5.84 Å². The number of rotatable bonds is 8. The Labute approximate surface area is 112 Å². The summed E-state index contributed by atoms with van der Waals surface area (Å²) < 4.78 is 10.9. The quantitative estimate of drug-likeness (QED) is 0.314. The third-order valence-electron chi connectivity index (χ3n) is 3.20. The molecule has 1 aliphatic carbocycles. The Kier molecular flexibility index (Phi) is 4.95. The maximum atomic E-state index is 11.5. The summed E-state index contributed by atoms with van der Waals surface area (Å²) in [6.07, 6.45) is 4.11. The van der Waals surface area contributed by atoms with Gasteiger partial charge in [-0.05, 0) is 31.9 Å². The maximum absolute atomic E-state index is 11.5. The molecule has 0 saturated heterocycles. The van der Waals surface area contributed by atoms with Crippen molar-refractivity contribution in [3.8, 4) is 0 Å². The molecule has 0 radical (unpaired) electrons. The molecule has 0 spiro atoms. The second kappa shape index (κ2) is 6.70. The van der Waals surface area contributed by atoms with Gasteiger partial charge in [-0.2, -0.15) is 0 Å². The van der Waals surface area contributed by atoms with E-state index in [4.69, 9.17) is 15.0 Å². The molecule has 1 heterocycles. The monoisotopic (exact) mass is 267 g/mol. The third kappa shape index (κ3) is 4.34. The summed E-state index contributed by atoms with van der Waals surface area (Å²) in [6.45, 7) is 2.93. The second-order valence-electron chi connectivity index (χ2n) is 4.99. The van der Waals surface area contributed by atoms with E-state index in [2.05, 4.69) is 10.3 Å². The van der Waals surface area contributed by atoms with Gasteiger partial charge in [0.05, 0.1) is 25.0 Å². The highest BCUT2D eigenvalue weighted by Gasteiger charge is 2.21. The number of furan rings is 1. The largest absolute Gasteiger partial charge is 0.467 e. The van der Waals surface area contributed by atoms with E-state index < -0.39 is 0 Å². The predicted octanol–water partition coefficient (Wildman–Crippen LogP) is 0.742. The van der Waals surface area contributed by atoms with Gasteiger partial charge in [-0.3, -0.25) is 15.1 Å². The molecule has 1 aliphatic rings. The van der Waals surface area contributed by atoms with Gasteiger partial charge < -0.3 is 9.15 Å². The van der Waals surface area contributed by atoms with Gasteiger partial charge in [0.25, 0.3) is 5.91 Å². The van der Waals surface area contributed by atoms with Crippen molar-refractivity contribution in [2.75, 3.05) is 26.8 Å². The lowest BCUT2D eigenvalue weighted by Crippen LogP contribution is -2.31. The summed E-state index contributed by atoms with van der Waals surface area (Å²) in [5.74, 6) is 6.19. The normalized spacial score (nSPS) is 14.9. The van der Waals surface area contributed by atoms with Gasteiger partial charge in [0.1, 0.15) is 5.76 Å². The number of hydrogen-bond acceptors (Lipinski definition) is 5. The van der Waals surface area contributed by atoms with Gasteiger partial charge in [-0.1, -0.05) is 0 Å². The van der Waals surface area contributed by atoms with Crippen molar-refractivity contribution in [1.29, 1.82) is 0 Å². The average Bonchev–Trinajstić information content (AvgIpc) is 3.12. The molecule has 1 amide bonds. The number of ether oxygens (including phenoxy) is 1. The molecule has 1 saturated carbocycles. The van der Waals surface area contributed by atoms with Crippen LogP contribution in [0, 0.1) is 5.92 Å². The Morgan fingerprint density at radius 3 is 3.11 bits per heavy atom. The van der Waals surface area contributed by atoms with Crippen LogP contribution in [0.2, 0.25) is 0 Å². The summed E-state index contributed by atoms with van der Waals surface area (Å²) in [6, 6.07) is 1.62. The number of nitrogens with one attached hydrogen (secondary N) is 1. The van der Waals surface area contributed by atoms with Crippen LogP contribution in [0.4, 0.5) is 0 Å². The number of nitrogen functional groups attached to an aromatic ring is 1. The van der Waals surface area contributed by atoms with Crippen LogP contribution in [0.5, 0.6) is 0 Å². The minimum atomic E-state index is -0.331. The zero-order valence-corrected chi connectivity index (χ0v) is 11.2. The molecule has 0 aromatic carbocycles. The van der Waals surface area contributed by atoms with Crippen LogP contribution in [0.25, 0.3) is 0 Å². The molecule has 0 bridgehead atoms. The number of nitrogens with two attached hydrogens (primary N) is 1. The number of carbonyl (C=O) groups excluding carboxylic acids is 1. The standard InChI is InChI=1S/C13H21N3O3/c1-16(5-7-18-9-10-2-3-10)8-12-11(4-6-19-12)13(17)15-14/h4,6,10H,2-3,5,7-9,14H2,1H3,(H,15,17). The average molecular weight is 267 g/mol. The first-order valence-corrected chi connectivity index (χ1v) is 6.54. The number of hydrogen-bond donors (Lipinski definition) is 2. The molecule has 6 nitrogen and oxygen atoms in total. The Bertz CT molecular complexity index is 415. The summed E-state index contributed by atoms with van der Waals surface area (Å²) in [4.78, 5) is 13.5. The highest BCUT2D eigenvalue weighted by atomic mass is 16.5. The summed E-state index contributed by atoms with van der Waals surface area (Å²) in [7, 11) is 1.97. The molecule has 1 fully saturated rings. The van der Waals surface area contributed by atoms with Crippen LogP contribution in [-0.4, -0.2) is 37.6 Å². The summed E-state index contributed by atoms with van der Waals surface area (Å²) in [5, 5.41) is 0. The van der Waals surface area contributed by atoms with Gasteiger partial charge in [0.2, 0.25) is 0 Å². The lowest BCUT2D eigenvalue weighted by Gasteiger charge is -2.15. The molecule has 0 unspecified atom stereocenters. The van der Waals surface area contributed by atoms with Gasteiger partial charge in [0, 0.05) is 13.2 Å². The van der Waals surface area contributed by atoms with Crippen LogP contribution in [0.15, 0.2) is 16.7 Å². The molecule has 0 atom stereocenters. The van der Waals surface area contributed by atoms with E-state index in [-0.39, 0.29) is 5.91 Å². The van der Waals surface area contributed by atoms with Gasteiger partial charge in [-0.15, -0.1) is 0 Å². The first-order chi connectivity index (χ1) is 9.20. The Hall–Kier alpha value is -1.37. The number of amides is 1. The fourth-order valence-electron chi connectivity index (χ4n) is 1.82. The van der Waals surface area contributed by atoms with Crippen molar-refractivity contribution < 1.29 is 13.9 Å². The van der Waals surface area contributed by atoms with Crippen LogP contribution in [-0.2, 0) is 11.3 Å². The van der Waals surface area contributed by atoms with Crippen molar-refractivity contribution in [3.63, 3.8) is 0 Å². The Balaban J connectivity index is 1.72. The fraction of sp³-hybridized carbons (Fsp3) is 0.615. The molecule has 1 aromatic heterocycles. The number of likely N-dealkylation sites (N-methyl/N-ethyl adjacent to an activating group) is 1. The fourth-order valence-corrected chi connectivity index (χ4v) is 1.82. The zero-order valence-electron chi connectivity index (χ0n) is 11.2. The molecular weight excluding hydrogens is 246 g/mol. The molecule has 19 heavy (non-hydrogen) atoms. The van der Waals surface area contributed by atoms with Crippen molar-refractivity contribution >= 4 is 5.91 Å². The van der Waals surface area contributed by atoms with Gasteiger partial charge in [0.15, 0.2) is 0 Å². The predicted molar refractivity (Wildman–Crippen MR) is 70.2 cm³/mol. The number of carbonyl (C=O) groups is 1. The van der Waals surface area contributed by atoms with Crippen LogP contribution in [0.1, 0.15) is 29.0 Å². The smallest absolute Gasteiger partial charge is 0.268 e. The van der Waals surface area contributed by atoms with E-state index in [9.17, 15) is 4.79 Å². The highest BCUT2D eigenvalue weighted by molar-refractivity contribution is 5.94. The first-order valence-electron chi connectivity index (χ1n) is 6.54. The Morgan fingerprint density at radius 2 is 2.42 bits per heavy atom. The van der Waals surface area contributed by atoms with E-state index in [1.165, 1.54) is 19.1 Å². The van der Waals surface area contributed by atoms with E-state index in [0.29, 0.717) is 24.5 Å². The lowest BCUT2D eigenvalue weighted by atomic mass is 10.2. The molecular formula is C13H21N3O3. The van der Waals surface area contributed by atoms with E-state index in [0.717, 1.165) is 19.1 Å². The second-order valence-corrected chi connectivity index (χ2v) is 4.99. The highest BCUT2D eigenvalue weighted by Crippen LogP contribution is 2.28. The first kappa shape index (κ1) is 14.0. The lowest BCUT2D eigenvalue weighted by molar-refractivity contribution is 0.0942.